The van der Waals surface area contributed by atoms with Gasteiger partial charge < -0.3 is 10.1 Å². The number of fused-ring (bicyclic) bond motifs is 1. The van der Waals surface area contributed by atoms with E-state index in [0.29, 0.717) is 5.56 Å². The zero-order chi connectivity index (χ0) is 20.0. The van der Waals surface area contributed by atoms with Gasteiger partial charge in [-0.25, -0.2) is 4.79 Å². The third-order valence-corrected chi connectivity index (χ3v) is 7.73. The molecule has 0 radical (unpaired) electrons. The quantitative estimate of drug-likeness (QED) is 0.751. The molecule has 4 aliphatic rings. The van der Waals surface area contributed by atoms with E-state index in [4.69, 9.17) is 4.74 Å². The highest BCUT2D eigenvalue weighted by Gasteiger charge is 2.53. The highest BCUT2D eigenvalue weighted by molar-refractivity contribution is 6.04. The third kappa shape index (κ3) is 3.43. The van der Waals surface area contributed by atoms with Gasteiger partial charge in [0.05, 0.1) is 5.56 Å². The maximum atomic E-state index is 12.6. The number of benzene rings is 2. The molecule has 4 heteroatoms. The van der Waals surface area contributed by atoms with E-state index >= 15 is 0 Å². The zero-order valence-electron chi connectivity index (χ0n) is 17.0. The summed E-state index contributed by atoms with van der Waals surface area (Å²) in [4.78, 5) is 25.1. The fraction of sp³-hybridized carbons (Fsp3) is 0.520. The molecule has 152 valence electrons. The lowest BCUT2D eigenvalue weighted by atomic mass is 9.48. The molecule has 4 aliphatic carbocycles. The molecule has 4 saturated carbocycles. The lowest BCUT2D eigenvalue weighted by molar-refractivity contribution is -0.128. The van der Waals surface area contributed by atoms with Gasteiger partial charge in [-0.05, 0) is 85.5 Å². The Hall–Kier alpha value is -2.36. The molecule has 0 aromatic heterocycles. The number of carbonyl (C=O) groups is 2. The summed E-state index contributed by atoms with van der Waals surface area (Å²) in [5.74, 6) is 1.92. The van der Waals surface area contributed by atoms with Crippen molar-refractivity contribution in [1.82, 2.24) is 5.32 Å². The fourth-order valence-corrected chi connectivity index (χ4v) is 6.76. The van der Waals surface area contributed by atoms with Crippen molar-refractivity contribution in [3.8, 4) is 0 Å². The van der Waals surface area contributed by atoms with Gasteiger partial charge in [-0.3, -0.25) is 4.79 Å². The van der Waals surface area contributed by atoms with Crippen molar-refractivity contribution in [1.29, 1.82) is 0 Å². The van der Waals surface area contributed by atoms with Crippen molar-refractivity contribution < 1.29 is 14.3 Å². The standard InChI is InChI=1S/C25H29NO3/c1-16(25-12-17-9-18(13-25)11-19(10-17)14-25)26-23(27)15-29-24(28)22-8-4-6-20-5-2-3-7-21(20)22/h2-8,16-19H,9-15H2,1H3,(H,26,27)/t16-,17?,18?,19?,25?/m1/s1. The van der Waals surface area contributed by atoms with Crippen molar-refractivity contribution in [2.75, 3.05) is 6.61 Å². The molecule has 0 saturated heterocycles. The first-order chi connectivity index (χ1) is 14.0. The normalized spacial score (nSPS) is 30.9. The first kappa shape index (κ1) is 18.7. The highest BCUT2D eigenvalue weighted by Crippen LogP contribution is 2.61. The van der Waals surface area contributed by atoms with E-state index in [-0.39, 0.29) is 24.0 Å². The summed E-state index contributed by atoms with van der Waals surface area (Å²) >= 11 is 0. The van der Waals surface area contributed by atoms with Crippen LogP contribution in [0.1, 0.15) is 55.8 Å². The Balaban J connectivity index is 1.21. The van der Waals surface area contributed by atoms with E-state index in [1.807, 2.05) is 36.4 Å². The van der Waals surface area contributed by atoms with Crippen molar-refractivity contribution in [2.24, 2.45) is 23.2 Å². The smallest absolute Gasteiger partial charge is 0.339 e. The molecule has 4 bridgehead atoms. The van der Waals surface area contributed by atoms with Crippen molar-refractivity contribution in [3.05, 3.63) is 48.0 Å². The summed E-state index contributed by atoms with van der Waals surface area (Å²) in [7, 11) is 0. The topological polar surface area (TPSA) is 55.4 Å². The minimum absolute atomic E-state index is 0.139. The van der Waals surface area contributed by atoms with Crippen LogP contribution in [0.4, 0.5) is 0 Å². The molecule has 2 aromatic rings. The van der Waals surface area contributed by atoms with E-state index in [9.17, 15) is 9.59 Å². The molecule has 6 rings (SSSR count). The van der Waals surface area contributed by atoms with Crippen LogP contribution in [0, 0.1) is 23.2 Å². The van der Waals surface area contributed by atoms with Crippen LogP contribution in [0.15, 0.2) is 42.5 Å². The van der Waals surface area contributed by atoms with Crippen LogP contribution in [0.5, 0.6) is 0 Å². The van der Waals surface area contributed by atoms with Gasteiger partial charge in [-0.1, -0.05) is 36.4 Å². The van der Waals surface area contributed by atoms with Crippen LogP contribution in [0.3, 0.4) is 0 Å². The molecule has 0 heterocycles. The Morgan fingerprint density at radius 2 is 1.62 bits per heavy atom. The second kappa shape index (κ2) is 7.16. The number of ether oxygens (including phenoxy) is 1. The highest BCUT2D eigenvalue weighted by atomic mass is 16.5. The van der Waals surface area contributed by atoms with Crippen LogP contribution in [-0.2, 0) is 9.53 Å². The largest absolute Gasteiger partial charge is 0.452 e. The molecule has 1 N–H and O–H groups in total. The van der Waals surface area contributed by atoms with Crippen LogP contribution in [0.2, 0.25) is 0 Å². The summed E-state index contributed by atoms with van der Waals surface area (Å²) in [6.07, 6.45) is 7.91. The summed E-state index contributed by atoms with van der Waals surface area (Å²) in [6, 6.07) is 13.4. The molecule has 0 aliphatic heterocycles. The Morgan fingerprint density at radius 3 is 2.31 bits per heavy atom. The van der Waals surface area contributed by atoms with E-state index in [2.05, 4.69) is 12.2 Å². The number of carbonyl (C=O) groups excluding carboxylic acids is 2. The predicted molar refractivity (Wildman–Crippen MR) is 112 cm³/mol. The molecule has 2 aromatic carbocycles. The van der Waals surface area contributed by atoms with Gasteiger partial charge in [0.2, 0.25) is 0 Å². The van der Waals surface area contributed by atoms with Gasteiger partial charge in [0.15, 0.2) is 6.61 Å². The second-order valence-corrected chi connectivity index (χ2v) is 9.67. The minimum atomic E-state index is -0.445. The molecular formula is C25H29NO3. The zero-order valence-corrected chi connectivity index (χ0v) is 17.0. The summed E-state index contributed by atoms with van der Waals surface area (Å²) < 4.78 is 5.37. The maximum absolute atomic E-state index is 12.6. The maximum Gasteiger partial charge on any atom is 0.339 e. The molecular weight excluding hydrogens is 362 g/mol. The van der Waals surface area contributed by atoms with Crippen LogP contribution in [-0.4, -0.2) is 24.5 Å². The fourth-order valence-electron chi connectivity index (χ4n) is 6.76. The number of esters is 1. The number of nitrogens with one attached hydrogen (secondary N) is 1. The van der Waals surface area contributed by atoms with Gasteiger partial charge >= 0.3 is 5.97 Å². The molecule has 4 fully saturated rings. The number of amides is 1. The SMILES string of the molecule is C[C@@H](NC(=O)COC(=O)c1cccc2ccccc12)C12CC3CC(CC(C3)C1)C2. The van der Waals surface area contributed by atoms with E-state index in [0.717, 1.165) is 28.5 Å². The first-order valence-corrected chi connectivity index (χ1v) is 11.0. The average Bonchev–Trinajstić information content (AvgIpc) is 2.70. The van der Waals surface area contributed by atoms with Crippen LogP contribution >= 0.6 is 0 Å². The van der Waals surface area contributed by atoms with Gasteiger partial charge in [0.1, 0.15) is 0 Å². The van der Waals surface area contributed by atoms with Crippen molar-refractivity contribution in [3.63, 3.8) is 0 Å². The first-order valence-electron chi connectivity index (χ1n) is 11.0. The molecule has 1 amide bonds. The van der Waals surface area contributed by atoms with E-state index in [1.165, 1.54) is 38.5 Å². The van der Waals surface area contributed by atoms with Gasteiger partial charge in [-0.15, -0.1) is 0 Å². The molecule has 0 spiro atoms. The Labute approximate surface area is 172 Å². The van der Waals surface area contributed by atoms with E-state index in [1.54, 1.807) is 6.07 Å². The summed E-state index contributed by atoms with van der Waals surface area (Å²) in [5.41, 5.74) is 0.759. The van der Waals surface area contributed by atoms with Gasteiger partial charge in [-0.2, -0.15) is 0 Å². The Kier molecular flexibility index (Phi) is 4.60. The molecule has 0 unspecified atom stereocenters. The van der Waals surface area contributed by atoms with Crippen LogP contribution < -0.4 is 5.32 Å². The lowest BCUT2D eigenvalue weighted by Gasteiger charge is -2.59. The molecule has 29 heavy (non-hydrogen) atoms. The Bertz CT molecular complexity index is 909. The predicted octanol–water partition coefficient (Wildman–Crippen LogP) is 4.72. The molecule has 1 atom stereocenters. The number of rotatable bonds is 5. The lowest BCUT2D eigenvalue weighted by Crippen LogP contribution is -2.56. The number of hydrogen-bond acceptors (Lipinski definition) is 3. The van der Waals surface area contributed by atoms with Gasteiger partial charge in [0, 0.05) is 6.04 Å². The summed E-state index contributed by atoms with van der Waals surface area (Å²) in [6.45, 7) is 1.93. The minimum Gasteiger partial charge on any atom is -0.452 e. The van der Waals surface area contributed by atoms with Crippen molar-refractivity contribution in [2.45, 2.75) is 51.5 Å². The van der Waals surface area contributed by atoms with Gasteiger partial charge in [0.25, 0.3) is 5.91 Å². The van der Waals surface area contributed by atoms with E-state index < -0.39 is 5.97 Å². The van der Waals surface area contributed by atoms with Crippen molar-refractivity contribution >= 4 is 22.6 Å². The summed E-state index contributed by atoms with van der Waals surface area (Å²) in [5, 5.41) is 5.00. The van der Waals surface area contributed by atoms with Crippen LogP contribution in [0.25, 0.3) is 10.8 Å². The monoisotopic (exact) mass is 391 g/mol. The number of hydrogen-bond donors (Lipinski definition) is 1. The third-order valence-electron chi connectivity index (χ3n) is 7.73. The molecule has 4 nitrogen and oxygen atoms in total. The average molecular weight is 392 g/mol. The second-order valence-electron chi connectivity index (χ2n) is 9.67. The Morgan fingerprint density at radius 1 is 1.00 bits per heavy atom.